The zero-order valence-electron chi connectivity index (χ0n) is 13.0. The van der Waals surface area contributed by atoms with Gasteiger partial charge in [-0.2, -0.15) is 0 Å². The van der Waals surface area contributed by atoms with Crippen LogP contribution >= 0.6 is 0 Å². The van der Waals surface area contributed by atoms with Crippen molar-refractivity contribution in [2.75, 3.05) is 32.7 Å². The summed E-state index contributed by atoms with van der Waals surface area (Å²) in [5.41, 5.74) is -0.0132. The van der Waals surface area contributed by atoms with E-state index in [1.165, 1.54) is 19.3 Å². The second-order valence-corrected chi connectivity index (χ2v) is 7.48. The minimum absolute atomic E-state index is 0.320. The summed E-state index contributed by atoms with van der Waals surface area (Å²) in [6.45, 7) is 12.3. The first-order valence-corrected chi connectivity index (χ1v) is 8.11. The van der Waals surface area contributed by atoms with Gasteiger partial charge in [-0.3, -0.25) is 0 Å². The van der Waals surface area contributed by atoms with Crippen LogP contribution in [0.15, 0.2) is 0 Å². The predicted octanol–water partition coefficient (Wildman–Crippen LogP) is 2.25. The van der Waals surface area contributed by atoms with Crippen molar-refractivity contribution in [3.63, 3.8) is 0 Å². The van der Waals surface area contributed by atoms with Crippen molar-refractivity contribution in [2.45, 2.75) is 58.5 Å². The summed E-state index contributed by atoms with van der Waals surface area (Å²) >= 11 is 0. The van der Waals surface area contributed by atoms with E-state index in [9.17, 15) is 5.11 Å². The Labute approximate surface area is 118 Å². The Bertz CT molecular complexity index is 292. The van der Waals surface area contributed by atoms with Gasteiger partial charge < -0.3 is 15.3 Å². The van der Waals surface area contributed by atoms with Crippen molar-refractivity contribution < 1.29 is 5.11 Å². The number of piperidine rings is 1. The molecule has 2 rings (SSSR count). The molecule has 0 amide bonds. The molecule has 0 aromatic heterocycles. The van der Waals surface area contributed by atoms with Crippen LogP contribution < -0.4 is 5.32 Å². The first kappa shape index (κ1) is 15.3. The van der Waals surface area contributed by atoms with Gasteiger partial charge in [0.1, 0.15) is 0 Å². The summed E-state index contributed by atoms with van der Waals surface area (Å²) in [5, 5.41) is 14.2. The van der Waals surface area contributed by atoms with Gasteiger partial charge in [-0.25, -0.2) is 0 Å². The number of fused-ring (bicyclic) bond motifs is 1. The molecule has 0 aromatic rings. The van der Waals surface area contributed by atoms with Crippen molar-refractivity contribution in [3.05, 3.63) is 0 Å². The molecule has 3 nitrogen and oxygen atoms in total. The monoisotopic (exact) mass is 268 g/mol. The lowest BCUT2D eigenvalue weighted by Gasteiger charge is -2.48. The third kappa shape index (κ3) is 3.93. The van der Waals surface area contributed by atoms with Crippen LogP contribution in [0.2, 0.25) is 0 Å². The van der Waals surface area contributed by atoms with E-state index in [0.717, 1.165) is 45.6 Å². The van der Waals surface area contributed by atoms with E-state index < -0.39 is 0 Å². The van der Waals surface area contributed by atoms with Gasteiger partial charge in [-0.1, -0.05) is 33.6 Å². The van der Waals surface area contributed by atoms with Crippen molar-refractivity contribution in [3.8, 4) is 0 Å². The molecule has 1 aliphatic carbocycles. The molecule has 3 heteroatoms. The largest absolute Gasteiger partial charge is 0.390 e. The third-order valence-corrected chi connectivity index (χ3v) is 5.02. The van der Waals surface area contributed by atoms with Crippen LogP contribution in [0.5, 0.6) is 0 Å². The molecule has 1 heterocycles. The van der Waals surface area contributed by atoms with Gasteiger partial charge in [0.25, 0.3) is 0 Å². The molecule has 2 aliphatic rings. The zero-order chi connectivity index (χ0) is 13.9. The first-order valence-electron chi connectivity index (χ1n) is 8.11. The average Bonchev–Trinajstić information content (AvgIpc) is 2.36. The number of hydrogen-bond acceptors (Lipinski definition) is 3. The average molecular weight is 268 g/mol. The highest BCUT2D eigenvalue weighted by molar-refractivity contribution is 4.96. The van der Waals surface area contributed by atoms with Crippen molar-refractivity contribution in [1.82, 2.24) is 10.2 Å². The molecule has 2 atom stereocenters. The Kier molecular flexibility index (Phi) is 4.91. The Morgan fingerprint density at radius 2 is 2.11 bits per heavy atom. The summed E-state index contributed by atoms with van der Waals surface area (Å²) < 4.78 is 0. The molecule has 0 spiro atoms. The van der Waals surface area contributed by atoms with Crippen LogP contribution in [0, 0.1) is 11.3 Å². The Morgan fingerprint density at radius 1 is 1.32 bits per heavy atom. The molecule has 2 unspecified atom stereocenters. The topological polar surface area (TPSA) is 35.5 Å². The molecular weight excluding hydrogens is 236 g/mol. The maximum absolute atomic E-state index is 10.7. The van der Waals surface area contributed by atoms with Crippen LogP contribution in [0.25, 0.3) is 0 Å². The molecule has 0 bridgehead atoms. The second kappa shape index (κ2) is 6.11. The molecule has 19 heavy (non-hydrogen) atoms. The van der Waals surface area contributed by atoms with E-state index >= 15 is 0 Å². The molecule has 2 N–H and O–H groups in total. The first-order chi connectivity index (χ1) is 8.95. The second-order valence-electron chi connectivity index (χ2n) is 7.48. The summed E-state index contributed by atoms with van der Waals surface area (Å²) in [7, 11) is 0. The van der Waals surface area contributed by atoms with E-state index in [4.69, 9.17) is 0 Å². The zero-order valence-corrected chi connectivity index (χ0v) is 13.0. The van der Waals surface area contributed by atoms with Crippen molar-refractivity contribution in [2.24, 2.45) is 11.3 Å². The van der Waals surface area contributed by atoms with Gasteiger partial charge in [0.05, 0.1) is 5.60 Å². The highest BCUT2D eigenvalue weighted by Gasteiger charge is 2.43. The summed E-state index contributed by atoms with van der Waals surface area (Å²) in [6.07, 6.45) is 5.77. The van der Waals surface area contributed by atoms with Crippen LogP contribution in [-0.4, -0.2) is 48.3 Å². The lowest BCUT2D eigenvalue weighted by Crippen LogP contribution is -2.55. The maximum atomic E-state index is 10.7. The normalized spacial score (nSPS) is 33.2. The molecular formula is C16H32N2O. The highest BCUT2D eigenvalue weighted by Crippen LogP contribution is 2.40. The van der Waals surface area contributed by atoms with E-state index in [1.807, 2.05) is 0 Å². The standard InChI is InChI=1S/C16H32N2O/c1-4-17-12-15(2,3)13-18-10-9-16(19)8-6-5-7-14(16)11-18/h14,17,19H,4-13H2,1-3H3. The fraction of sp³-hybridized carbons (Fsp3) is 1.00. The molecule has 0 aromatic carbocycles. The molecule has 0 radical (unpaired) electrons. The van der Waals surface area contributed by atoms with E-state index in [2.05, 4.69) is 31.0 Å². The van der Waals surface area contributed by atoms with Gasteiger partial charge in [0, 0.05) is 32.1 Å². The predicted molar refractivity (Wildman–Crippen MR) is 80.3 cm³/mol. The van der Waals surface area contributed by atoms with Crippen molar-refractivity contribution >= 4 is 0 Å². The van der Waals surface area contributed by atoms with Crippen LogP contribution in [-0.2, 0) is 0 Å². The molecule has 112 valence electrons. The number of rotatable bonds is 5. The molecule has 1 saturated heterocycles. The molecule has 2 fully saturated rings. The summed E-state index contributed by atoms with van der Waals surface area (Å²) in [6, 6.07) is 0. The Balaban J connectivity index is 1.86. The van der Waals surface area contributed by atoms with Gasteiger partial charge in [-0.05, 0) is 31.2 Å². The van der Waals surface area contributed by atoms with Crippen LogP contribution in [0.4, 0.5) is 0 Å². The summed E-state index contributed by atoms with van der Waals surface area (Å²) in [4.78, 5) is 2.59. The van der Waals surface area contributed by atoms with Gasteiger partial charge >= 0.3 is 0 Å². The molecule has 1 aliphatic heterocycles. The number of likely N-dealkylation sites (tertiary alicyclic amines) is 1. The fourth-order valence-corrected chi connectivity index (χ4v) is 3.91. The quantitative estimate of drug-likeness (QED) is 0.803. The third-order valence-electron chi connectivity index (χ3n) is 5.02. The highest BCUT2D eigenvalue weighted by atomic mass is 16.3. The minimum atomic E-state index is -0.333. The van der Waals surface area contributed by atoms with E-state index in [-0.39, 0.29) is 5.60 Å². The maximum Gasteiger partial charge on any atom is 0.0700 e. The van der Waals surface area contributed by atoms with Crippen LogP contribution in [0.1, 0.15) is 52.9 Å². The van der Waals surface area contributed by atoms with E-state index in [0.29, 0.717) is 11.3 Å². The minimum Gasteiger partial charge on any atom is -0.390 e. The lowest BCUT2D eigenvalue weighted by molar-refractivity contribution is -0.0994. The van der Waals surface area contributed by atoms with Gasteiger partial charge in [-0.15, -0.1) is 0 Å². The fourth-order valence-electron chi connectivity index (χ4n) is 3.91. The van der Waals surface area contributed by atoms with Gasteiger partial charge in [0.15, 0.2) is 0 Å². The number of hydrogen-bond donors (Lipinski definition) is 2. The smallest absolute Gasteiger partial charge is 0.0700 e. The van der Waals surface area contributed by atoms with Crippen molar-refractivity contribution in [1.29, 1.82) is 0 Å². The lowest BCUT2D eigenvalue weighted by atomic mass is 9.71. The Hall–Kier alpha value is -0.120. The Morgan fingerprint density at radius 3 is 2.84 bits per heavy atom. The number of nitrogens with zero attached hydrogens (tertiary/aromatic N) is 1. The number of aliphatic hydroxyl groups is 1. The van der Waals surface area contributed by atoms with Gasteiger partial charge in [0.2, 0.25) is 0 Å². The van der Waals surface area contributed by atoms with E-state index in [1.54, 1.807) is 0 Å². The SMILES string of the molecule is CCNCC(C)(C)CN1CCC2(O)CCCCC2C1. The van der Waals surface area contributed by atoms with Crippen LogP contribution in [0.3, 0.4) is 0 Å². The molecule has 1 saturated carbocycles. The number of nitrogens with one attached hydrogen (secondary N) is 1. The summed E-state index contributed by atoms with van der Waals surface area (Å²) in [5.74, 6) is 0.518.